The number of benzene rings is 2. The molecule has 1 heterocycles. The third-order valence-corrected chi connectivity index (χ3v) is 5.62. The number of fused-ring (bicyclic) bond motifs is 1. The summed E-state index contributed by atoms with van der Waals surface area (Å²) in [5.41, 5.74) is 9.33. The normalized spacial score (nSPS) is 14.7. The Kier molecular flexibility index (Phi) is 4.35. The van der Waals surface area contributed by atoms with Crippen molar-refractivity contribution in [2.75, 3.05) is 0 Å². The van der Waals surface area contributed by atoms with E-state index in [1.165, 1.54) is 33.4 Å². The van der Waals surface area contributed by atoms with Gasteiger partial charge in [0.25, 0.3) is 0 Å². The molecule has 1 aliphatic carbocycles. The highest BCUT2D eigenvalue weighted by Gasteiger charge is 2.35. The summed E-state index contributed by atoms with van der Waals surface area (Å²) in [7, 11) is 0. The lowest BCUT2D eigenvalue weighted by Gasteiger charge is -2.23. The van der Waals surface area contributed by atoms with Gasteiger partial charge < -0.3 is 0 Å². The molecule has 2 nitrogen and oxygen atoms in total. The van der Waals surface area contributed by atoms with Crippen LogP contribution in [0.15, 0.2) is 85.6 Å². The molecule has 0 fully saturated rings. The van der Waals surface area contributed by atoms with Crippen LogP contribution in [-0.4, -0.2) is 9.97 Å². The molecule has 2 heteroatoms. The van der Waals surface area contributed by atoms with Crippen molar-refractivity contribution in [3.63, 3.8) is 0 Å². The lowest BCUT2D eigenvalue weighted by Crippen LogP contribution is -2.16. The third kappa shape index (κ3) is 2.82. The zero-order chi connectivity index (χ0) is 19.9. The van der Waals surface area contributed by atoms with Crippen molar-refractivity contribution in [2.24, 2.45) is 0 Å². The van der Waals surface area contributed by atoms with Crippen molar-refractivity contribution >= 4 is 5.57 Å². The summed E-state index contributed by atoms with van der Waals surface area (Å²) >= 11 is 0. The van der Waals surface area contributed by atoms with Gasteiger partial charge in [-0.05, 0) is 58.5 Å². The van der Waals surface area contributed by atoms with Crippen molar-refractivity contribution in [2.45, 2.75) is 26.2 Å². The van der Waals surface area contributed by atoms with Crippen LogP contribution in [0.2, 0.25) is 0 Å². The van der Waals surface area contributed by atoms with E-state index in [9.17, 15) is 0 Å². The van der Waals surface area contributed by atoms with Gasteiger partial charge in [0.05, 0.1) is 5.69 Å². The summed E-state index contributed by atoms with van der Waals surface area (Å²) in [6, 6.07) is 17.2. The maximum Gasteiger partial charge on any atom is 0.125 e. The summed E-state index contributed by atoms with van der Waals surface area (Å²) in [6.07, 6.45) is 5.72. The van der Waals surface area contributed by atoms with E-state index < -0.39 is 0 Å². The van der Waals surface area contributed by atoms with Gasteiger partial charge in [0.2, 0.25) is 0 Å². The Hall–Kier alpha value is -3.26. The van der Waals surface area contributed by atoms with Crippen LogP contribution in [0.1, 0.15) is 30.8 Å². The second kappa shape index (κ2) is 6.72. The van der Waals surface area contributed by atoms with E-state index in [0.29, 0.717) is 0 Å². The molecule has 138 valence electrons. The third-order valence-electron chi connectivity index (χ3n) is 5.62. The van der Waals surface area contributed by atoms with Crippen LogP contribution in [0.25, 0.3) is 28.0 Å². The molecule has 0 saturated carbocycles. The monoisotopic (exact) mass is 364 g/mol. The van der Waals surface area contributed by atoms with Gasteiger partial charge in [-0.15, -0.1) is 0 Å². The van der Waals surface area contributed by atoms with E-state index >= 15 is 0 Å². The summed E-state index contributed by atoms with van der Waals surface area (Å²) in [5.74, 6) is 0.780. The van der Waals surface area contributed by atoms with Crippen LogP contribution in [0.5, 0.6) is 0 Å². The number of aromatic nitrogens is 2. The number of allylic oxidation sites excluding steroid dienone is 4. The van der Waals surface area contributed by atoms with Gasteiger partial charge in [-0.25, -0.2) is 9.97 Å². The fourth-order valence-corrected chi connectivity index (χ4v) is 4.16. The van der Waals surface area contributed by atoms with Crippen LogP contribution in [0, 0.1) is 6.92 Å². The first-order valence-corrected chi connectivity index (χ1v) is 9.50. The second-order valence-corrected chi connectivity index (χ2v) is 7.69. The molecule has 1 aliphatic rings. The Balaban J connectivity index is 1.81. The Morgan fingerprint density at radius 1 is 0.893 bits per heavy atom. The van der Waals surface area contributed by atoms with Crippen molar-refractivity contribution in [1.82, 2.24) is 9.97 Å². The van der Waals surface area contributed by atoms with Gasteiger partial charge in [0, 0.05) is 17.2 Å². The van der Waals surface area contributed by atoms with E-state index in [-0.39, 0.29) is 5.41 Å². The fourth-order valence-electron chi connectivity index (χ4n) is 4.16. The Labute approximate surface area is 167 Å². The van der Waals surface area contributed by atoms with Crippen LogP contribution in [-0.2, 0) is 5.41 Å². The summed E-state index contributed by atoms with van der Waals surface area (Å²) in [4.78, 5) is 8.76. The molecule has 1 aromatic heterocycles. The van der Waals surface area contributed by atoms with E-state index in [1.54, 1.807) is 0 Å². The molecular weight excluding hydrogens is 340 g/mol. The van der Waals surface area contributed by atoms with Gasteiger partial charge in [0.1, 0.15) is 5.82 Å². The van der Waals surface area contributed by atoms with E-state index in [2.05, 4.69) is 79.4 Å². The quantitative estimate of drug-likeness (QED) is 0.525. The average Bonchev–Trinajstić information content (AvgIpc) is 2.93. The number of rotatable bonds is 4. The number of hydrogen-bond donors (Lipinski definition) is 0. The maximum atomic E-state index is 4.56. The molecule has 2 aromatic carbocycles. The molecule has 4 rings (SSSR count). The van der Waals surface area contributed by atoms with Gasteiger partial charge in [0.15, 0.2) is 0 Å². The predicted molar refractivity (Wildman–Crippen MR) is 118 cm³/mol. The zero-order valence-electron chi connectivity index (χ0n) is 16.7. The highest BCUT2D eigenvalue weighted by molar-refractivity contribution is 5.89. The average molecular weight is 364 g/mol. The highest BCUT2D eigenvalue weighted by atomic mass is 14.9. The molecule has 0 amide bonds. The molecule has 28 heavy (non-hydrogen) atoms. The summed E-state index contributed by atoms with van der Waals surface area (Å²) in [5, 5.41) is 0. The fraction of sp³-hybridized carbons (Fsp3) is 0.154. The standard InChI is InChI=1S/C26H24N2/c1-6-21-22-12-11-19(16-24(22)26(4,5)23(21)7-2)18-9-8-10-20(15-18)25-13-14-27-17(3)28-25/h6-16H,1-2H2,3-5H3. The summed E-state index contributed by atoms with van der Waals surface area (Å²) in [6.45, 7) is 14.5. The predicted octanol–water partition coefficient (Wildman–Crippen LogP) is 6.54. The lowest BCUT2D eigenvalue weighted by atomic mass is 9.80. The largest absolute Gasteiger partial charge is 0.242 e. The minimum atomic E-state index is -0.0853. The first kappa shape index (κ1) is 18.1. The smallest absolute Gasteiger partial charge is 0.125 e. The minimum absolute atomic E-state index is 0.0853. The molecular formula is C26H24N2. The van der Waals surface area contributed by atoms with Gasteiger partial charge in [-0.2, -0.15) is 0 Å². The van der Waals surface area contributed by atoms with E-state index in [0.717, 1.165) is 17.1 Å². The molecule has 0 aliphatic heterocycles. The molecule has 0 radical (unpaired) electrons. The molecule has 0 spiro atoms. The lowest BCUT2D eigenvalue weighted by molar-refractivity contribution is 0.655. The molecule has 0 bridgehead atoms. The zero-order valence-corrected chi connectivity index (χ0v) is 16.7. The van der Waals surface area contributed by atoms with Crippen LogP contribution < -0.4 is 0 Å². The molecule has 0 atom stereocenters. The van der Waals surface area contributed by atoms with Crippen LogP contribution in [0.3, 0.4) is 0 Å². The van der Waals surface area contributed by atoms with Gasteiger partial charge >= 0.3 is 0 Å². The SMILES string of the molecule is C=CC1=C(C=C)C(C)(C)c2cc(-c3cccc(-c4ccnc(C)n4)c3)ccc21. The van der Waals surface area contributed by atoms with Crippen molar-refractivity contribution in [1.29, 1.82) is 0 Å². The van der Waals surface area contributed by atoms with Crippen LogP contribution in [0.4, 0.5) is 0 Å². The number of nitrogens with zero attached hydrogens (tertiary/aromatic N) is 2. The first-order valence-electron chi connectivity index (χ1n) is 9.50. The van der Waals surface area contributed by atoms with Crippen molar-refractivity contribution in [3.05, 3.63) is 103 Å². The van der Waals surface area contributed by atoms with Gasteiger partial charge in [-0.1, -0.05) is 69.5 Å². The maximum absolute atomic E-state index is 4.56. The molecule has 3 aromatic rings. The number of hydrogen-bond acceptors (Lipinski definition) is 2. The Morgan fingerprint density at radius 3 is 2.36 bits per heavy atom. The first-order chi connectivity index (χ1) is 13.5. The Morgan fingerprint density at radius 2 is 1.64 bits per heavy atom. The second-order valence-electron chi connectivity index (χ2n) is 7.69. The topological polar surface area (TPSA) is 25.8 Å². The van der Waals surface area contributed by atoms with Crippen LogP contribution >= 0.6 is 0 Å². The van der Waals surface area contributed by atoms with Crippen molar-refractivity contribution in [3.8, 4) is 22.4 Å². The highest BCUT2D eigenvalue weighted by Crippen LogP contribution is 2.48. The number of aryl methyl sites for hydroxylation is 1. The molecule has 0 saturated heterocycles. The van der Waals surface area contributed by atoms with E-state index in [1.807, 2.05) is 31.3 Å². The van der Waals surface area contributed by atoms with Gasteiger partial charge in [-0.3, -0.25) is 0 Å². The Bertz CT molecular complexity index is 1130. The molecule has 0 N–H and O–H groups in total. The van der Waals surface area contributed by atoms with Crippen molar-refractivity contribution < 1.29 is 0 Å². The minimum Gasteiger partial charge on any atom is -0.242 e. The summed E-state index contributed by atoms with van der Waals surface area (Å²) < 4.78 is 0. The molecule has 0 unspecified atom stereocenters. The van der Waals surface area contributed by atoms with E-state index in [4.69, 9.17) is 0 Å².